The fraction of sp³-hybridized carbons (Fsp3) is 1.00. The van der Waals surface area contributed by atoms with Gasteiger partial charge in [0.15, 0.2) is 0 Å². The molecule has 2 rings (SSSR count). The SMILES string of the molecule is CCC1CNCC1N1CC(C)C(C)C1. The molecular weight excluding hydrogens is 172 g/mol. The topological polar surface area (TPSA) is 15.3 Å². The van der Waals surface area contributed by atoms with Crippen LogP contribution in [-0.2, 0) is 0 Å². The van der Waals surface area contributed by atoms with Crippen molar-refractivity contribution in [2.75, 3.05) is 26.2 Å². The zero-order valence-corrected chi connectivity index (χ0v) is 9.79. The van der Waals surface area contributed by atoms with E-state index in [0.717, 1.165) is 23.8 Å². The summed E-state index contributed by atoms with van der Waals surface area (Å²) in [7, 11) is 0. The lowest BCUT2D eigenvalue weighted by Gasteiger charge is -2.28. The van der Waals surface area contributed by atoms with Gasteiger partial charge in [0.25, 0.3) is 0 Å². The number of rotatable bonds is 2. The highest BCUT2D eigenvalue weighted by Crippen LogP contribution is 2.28. The van der Waals surface area contributed by atoms with Crippen LogP contribution >= 0.6 is 0 Å². The number of hydrogen-bond donors (Lipinski definition) is 1. The van der Waals surface area contributed by atoms with Gasteiger partial charge in [0.2, 0.25) is 0 Å². The van der Waals surface area contributed by atoms with E-state index < -0.39 is 0 Å². The van der Waals surface area contributed by atoms with Crippen molar-refractivity contribution in [3.05, 3.63) is 0 Å². The van der Waals surface area contributed by atoms with E-state index in [4.69, 9.17) is 0 Å². The molecule has 2 fully saturated rings. The Morgan fingerprint density at radius 1 is 1.14 bits per heavy atom. The number of hydrogen-bond acceptors (Lipinski definition) is 2. The maximum Gasteiger partial charge on any atom is 0.0261 e. The Kier molecular flexibility index (Phi) is 3.13. The van der Waals surface area contributed by atoms with Gasteiger partial charge in [-0.1, -0.05) is 27.2 Å². The Bertz CT molecular complexity index is 183. The lowest BCUT2D eigenvalue weighted by atomic mass is 10.00. The van der Waals surface area contributed by atoms with E-state index in [-0.39, 0.29) is 0 Å². The highest BCUT2D eigenvalue weighted by atomic mass is 15.2. The molecule has 4 unspecified atom stereocenters. The van der Waals surface area contributed by atoms with Crippen molar-refractivity contribution in [1.29, 1.82) is 0 Å². The summed E-state index contributed by atoms with van der Waals surface area (Å²) in [4.78, 5) is 2.73. The van der Waals surface area contributed by atoms with Crippen LogP contribution in [-0.4, -0.2) is 37.1 Å². The first kappa shape index (κ1) is 10.4. The molecule has 2 aliphatic rings. The third kappa shape index (κ3) is 1.82. The standard InChI is InChI=1S/C12H24N2/c1-4-11-5-13-6-12(11)14-7-9(2)10(3)8-14/h9-13H,4-8H2,1-3H3. The predicted molar refractivity (Wildman–Crippen MR) is 60.3 cm³/mol. The van der Waals surface area contributed by atoms with Crippen molar-refractivity contribution in [1.82, 2.24) is 10.2 Å². The van der Waals surface area contributed by atoms with Gasteiger partial charge in [0.1, 0.15) is 0 Å². The van der Waals surface area contributed by atoms with Crippen molar-refractivity contribution >= 4 is 0 Å². The van der Waals surface area contributed by atoms with Crippen LogP contribution < -0.4 is 5.32 Å². The Hall–Kier alpha value is -0.0800. The van der Waals surface area contributed by atoms with Crippen molar-refractivity contribution in [2.45, 2.75) is 33.2 Å². The van der Waals surface area contributed by atoms with Gasteiger partial charge in [0.05, 0.1) is 0 Å². The van der Waals surface area contributed by atoms with E-state index in [1.54, 1.807) is 0 Å². The number of nitrogens with one attached hydrogen (secondary N) is 1. The van der Waals surface area contributed by atoms with Gasteiger partial charge in [-0.25, -0.2) is 0 Å². The van der Waals surface area contributed by atoms with Crippen LogP contribution in [0.1, 0.15) is 27.2 Å². The molecule has 2 heterocycles. The Labute approximate surface area is 88.1 Å². The number of likely N-dealkylation sites (tertiary alicyclic amines) is 1. The molecule has 2 saturated heterocycles. The van der Waals surface area contributed by atoms with Gasteiger partial charge in [0, 0.05) is 25.7 Å². The molecule has 2 heteroatoms. The Morgan fingerprint density at radius 2 is 1.79 bits per heavy atom. The molecule has 0 aromatic heterocycles. The van der Waals surface area contributed by atoms with Crippen molar-refractivity contribution < 1.29 is 0 Å². The second-order valence-corrected chi connectivity index (χ2v) is 5.30. The zero-order chi connectivity index (χ0) is 10.1. The summed E-state index contributed by atoms with van der Waals surface area (Å²) < 4.78 is 0. The molecule has 0 aromatic carbocycles. The zero-order valence-electron chi connectivity index (χ0n) is 9.79. The molecule has 0 spiro atoms. The highest BCUT2D eigenvalue weighted by Gasteiger charge is 2.36. The van der Waals surface area contributed by atoms with E-state index in [1.807, 2.05) is 0 Å². The molecule has 0 aromatic rings. The molecule has 0 amide bonds. The number of nitrogens with zero attached hydrogens (tertiary/aromatic N) is 1. The second-order valence-electron chi connectivity index (χ2n) is 5.30. The average molecular weight is 196 g/mol. The van der Waals surface area contributed by atoms with Crippen LogP contribution in [0.15, 0.2) is 0 Å². The summed E-state index contributed by atoms with van der Waals surface area (Å²) in [5.74, 6) is 2.69. The van der Waals surface area contributed by atoms with E-state index in [0.29, 0.717) is 0 Å². The summed E-state index contributed by atoms with van der Waals surface area (Å²) in [5.41, 5.74) is 0. The van der Waals surface area contributed by atoms with Gasteiger partial charge in [-0.15, -0.1) is 0 Å². The van der Waals surface area contributed by atoms with Gasteiger partial charge in [-0.3, -0.25) is 4.90 Å². The van der Waals surface area contributed by atoms with Crippen LogP contribution in [0, 0.1) is 17.8 Å². The van der Waals surface area contributed by atoms with E-state index in [9.17, 15) is 0 Å². The van der Waals surface area contributed by atoms with E-state index in [2.05, 4.69) is 31.0 Å². The third-order valence-electron chi connectivity index (χ3n) is 4.31. The van der Waals surface area contributed by atoms with Gasteiger partial charge >= 0.3 is 0 Å². The molecule has 0 saturated carbocycles. The van der Waals surface area contributed by atoms with Gasteiger partial charge < -0.3 is 5.32 Å². The molecule has 4 atom stereocenters. The Balaban J connectivity index is 1.95. The van der Waals surface area contributed by atoms with Crippen LogP contribution in [0.4, 0.5) is 0 Å². The first-order valence-corrected chi connectivity index (χ1v) is 6.17. The fourth-order valence-corrected chi connectivity index (χ4v) is 3.01. The molecular formula is C12H24N2. The molecule has 2 nitrogen and oxygen atoms in total. The maximum absolute atomic E-state index is 3.54. The minimum Gasteiger partial charge on any atom is -0.315 e. The first-order chi connectivity index (χ1) is 6.72. The second kappa shape index (κ2) is 4.19. The van der Waals surface area contributed by atoms with E-state index >= 15 is 0 Å². The largest absolute Gasteiger partial charge is 0.315 e. The summed E-state index contributed by atoms with van der Waals surface area (Å²) in [6.07, 6.45) is 1.33. The average Bonchev–Trinajstić information content (AvgIpc) is 2.73. The van der Waals surface area contributed by atoms with Crippen LogP contribution in [0.25, 0.3) is 0 Å². The fourth-order valence-electron chi connectivity index (χ4n) is 3.01. The van der Waals surface area contributed by atoms with Crippen LogP contribution in [0.3, 0.4) is 0 Å². The summed E-state index contributed by atoms with van der Waals surface area (Å²) >= 11 is 0. The monoisotopic (exact) mass is 196 g/mol. The molecule has 82 valence electrons. The maximum atomic E-state index is 3.54. The smallest absolute Gasteiger partial charge is 0.0261 e. The molecule has 0 aliphatic carbocycles. The van der Waals surface area contributed by atoms with Crippen LogP contribution in [0.2, 0.25) is 0 Å². The first-order valence-electron chi connectivity index (χ1n) is 6.17. The van der Waals surface area contributed by atoms with Crippen molar-refractivity contribution in [3.63, 3.8) is 0 Å². The summed E-state index contributed by atoms with van der Waals surface area (Å²) in [5, 5.41) is 3.54. The normalized spacial score (nSPS) is 44.8. The summed E-state index contributed by atoms with van der Waals surface area (Å²) in [6, 6.07) is 0.826. The van der Waals surface area contributed by atoms with Crippen LogP contribution in [0.5, 0.6) is 0 Å². The minimum atomic E-state index is 0.826. The minimum absolute atomic E-state index is 0.826. The lowest BCUT2D eigenvalue weighted by Crippen LogP contribution is -2.39. The Morgan fingerprint density at radius 3 is 2.36 bits per heavy atom. The molecule has 0 bridgehead atoms. The third-order valence-corrected chi connectivity index (χ3v) is 4.31. The van der Waals surface area contributed by atoms with Gasteiger partial charge in [-0.05, 0) is 24.3 Å². The van der Waals surface area contributed by atoms with Crippen molar-refractivity contribution in [2.24, 2.45) is 17.8 Å². The summed E-state index contributed by atoms with van der Waals surface area (Å²) in [6.45, 7) is 12.2. The quantitative estimate of drug-likeness (QED) is 0.721. The molecule has 1 N–H and O–H groups in total. The highest BCUT2D eigenvalue weighted by molar-refractivity contribution is 4.92. The predicted octanol–water partition coefficient (Wildman–Crippen LogP) is 1.57. The van der Waals surface area contributed by atoms with Gasteiger partial charge in [-0.2, -0.15) is 0 Å². The molecule has 0 radical (unpaired) electrons. The van der Waals surface area contributed by atoms with Crippen molar-refractivity contribution in [3.8, 4) is 0 Å². The van der Waals surface area contributed by atoms with E-state index in [1.165, 1.54) is 32.6 Å². The lowest BCUT2D eigenvalue weighted by molar-refractivity contribution is 0.200. The molecule has 14 heavy (non-hydrogen) atoms. The molecule has 2 aliphatic heterocycles.